The number of aliphatic hydroxyl groups excluding tert-OH is 1. The average molecular weight is 295 g/mol. The second kappa shape index (κ2) is 10.5. The topological polar surface area (TPSA) is 50.7 Å². The van der Waals surface area contributed by atoms with Crippen LogP contribution in [-0.2, 0) is 0 Å². The summed E-state index contributed by atoms with van der Waals surface area (Å²) in [4.78, 5) is 0. The van der Waals surface area contributed by atoms with E-state index in [0.29, 0.717) is 19.6 Å². The average Bonchev–Trinajstić information content (AvgIpc) is 2.51. The first-order chi connectivity index (χ1) is 10.3. The number of hydrogen-bond acceptors (Lipinski definition) is 4. The zero-order valence-corrected chi connectivity index (χ0v) is 13.5. The third-order valence-corrected chi connectivity index (χ3v) is 3.16. The molecule has 0 bridgehead atoms. The molecule has 120 valence electrons. The van der Waals surface area contributed by atoms with Crippen molar-refractivity contribution in [2.75, 3.05) is 26.4 Å². The molecule has 4 nitrogen and oxygen atoms in total. The second-order valence-electron chi connectivity index (χ2n) is 5.03. The Bertz CT molecular complexity index is 390. The molecular formula is C17H29NO3. The van der Waals surface area contributed by atoms with Crippen LogP contribution in [0.2, 0.25) is 0 Å². The van der Waals surface area contributed by atoms with Crippen molar-refractivity contribution < 1.29 is 14.6 Å². The van der Waals surface area contributed by atoms with Gasteiger partial charge in [0.2, 0.25) is 0 Å². The van der Waals surface area contributed by atoms with Crippen molar-refractivity contribution in [1.29, 1.82) is 0 Å². The predicted molar refractivity (Wildman–Crippen MR) is 86.1 cm³/mol. The molecular weight excluding hydrogens is 266 g/mol. The van der Waals surface area contributed by atoms with Gasteiger partial charge >= 0.3 is 0 Å². The predicted octanol–water partition coefficient (Wildman–Crippen LogP) is 3.30. The smallest absolute Gasteiger partial charge is 0.161 e. The molecule has 0 radical (unpaired) electrons. The van der Waals surface area contributed by atoms with Gasteiger partial charge in [0.1, 0.15) is 0 Å². The monoisotopic (exact) mass is 295 g/mol. The van der Waals surface area contributed by atoms with Gasteiger partial charge < -0.3 is 19.9 Å². The summed E-state index contributed by atoms with van der Waals surface area (Å²) < 4.78 is 11.6. The van der Waals surface area contributed by atoms with Crippen molar-refractivity contribution in [3.63, 3.8) is 0 Å². The largest absolute Gasteiger partial charge is 0.490 e. The van der Waals surface area contributed by atoms with Crippen LogP contribution in [0.1, 0.15) is 51.6 Å². The van der Waals surface area contributed by atoms with E-state index in [0.717, 1.165) is 36.4 Å². The minimum absolute atomic E-state index is 0.143. The summed E-state index contributed by atoms with van der Waals surface area (Å²) in [5.74, 6) is 1.59. The first-order valence-electron chi connectivity index (χ1n) is 8.00. The quantitative estimate of drug-likeness (QED) is 0.657. The molecule has 4 heteroatoms. The molecule has 0 spiro atoms. The van der Waals surface area contributed by atoms with Crippen molar-refractivity contribution in [3.05, 3.63) is 23.8 Å². The number of benzene rings is 1. The molecule has 0 amide bonds. The lowest BCUT2D eigenvalue weighted by Crippen LogP contribution is -2.22. The van der Waals surface area contributed by atoms with E-state index in [1.165, 1.54) is 0 Å². The molecule has 0 aromatic heterocycles. The van der Waals surface area contributed by atoms with Crippen LogP contribution < -0.4 is 14.8 Å². The van der Waals surface area contributed by atoms with Gasteiger partial charge in [0, 0.05) is 12.6 Å². The summed E-state index contributed by atoms with van der Waals surface area (Å²) >= 11 is 0. The molecule has 1 atom stereocenters. The highest BCUT2D eigenvalue weighted by molar-refractivity contribution is 5.44. The van der Waals surface area contributed by atoms with E-state index in [2.05, 4.69) is 26.1 Å². The van der Waals surface area contributed by atoms with Crippen LogP contribution in [0.25, 0.3) is 0 Å². The molecule has 0 saturated carbocycles. The van der Waals surface area contributed by atoms with Gasteiger partial charge in [-0.25, -0.2) is 0 Å². The highest BCUT2D eigenvalue weighted by atomic mass is 16.5. The summed E-state index contributed by atoms with van der Waals surface area (Å²) in [6, 6.07) is 6.19. The van der Waals surface area contributed by atoms with Crippen molar-refractivity contribution in [1.82, 2.24) is 5.32 Å². The molecule has 0 fully saturated rings. The molecule has 1 aromatic carbocycles. The fraction of sp³-hybridized carbons (Fsp3) is 0.647. The summed E-state index contributed by atoms with van der Waals surface area (Å²) in [6.07, 6.45) is 2.63. The Hall–Kier alpha value is -1.26. The standard InChI is InChI=1S/C17H29NO3/c1-4-11-20-16-8-7-14(13-17(16)21-12-5-2)15(9-10-19)18-6-3/h7-8,13,15,18-19H,4-6,9-12H2,1-3H3. The molecule has 1 rings (SSSR count). The first kappa shape index (κ1) is 17.8. The van der Waals surface area contributed by atoms with Gasteiger partial charge in [-0.05, 0) is 43.5 Å². The van der Waals surface area contributed by atoms with Gasteiger partial charge in [0.25, 0.3) is 0 Å². The van der Waals surface area contributed by atoms with Crippen molar-refractivity contribution >= 4 is 0 Å². The lowest BCUT2D eigenvalue weighted by atomic mass is 10.0. The van der Waals surface area contributed by atoms with Gasteiger partial charge in [-0.2, -0.15) is 0 Å². The van der Waals surface area contributed by atoms with Crippen LogP contribution in [-0.4, -0.2) is 31.5 Å². The molecule has 1 unspecified atom stereocenters. The lowest BCUT2D eigenvalue weighted by Gasteiger charge is -2.20. The normalized spacial score (nSPS) is 12.2. The SMILES string of the molecule is CCCOc1ccc(C(CCO)NCC)cc1OCCC. The van der Waals surface area contributed by atoms with Crippen LogP contribution in [0, 0.1) is 0 Å². The van der Waals surface area contributed by atoms with E-state index in [1.807, 2.05) is 18.2 Å². The maximum Gasteiger partial charge on any atom is 0.161 e. The van der Waals surface area contributed by atoms with Crippen LogP contribution in [0.4, 0.5) is 0 Å². The van der Waals surface area contributed by atoms with Crippen LogP contribution >= 0.6 is 0 Å². The Morgan fingerprint density at radius 1 is 1.05 bits per heavy atom. The van der Waals surface area contributed by atoms with E-state index in [4.69, 9.17) is 9.47 Å². The highest BCUT2D eigenvalue weighted by Crippen LogP contribution is 2.31. The molecule has 21 heavy (non-hydrogen) atoms. The van der Waals surface area contributed by atoms with E-state index in [1.54, 1.807) is 0 Å². The van der Waals surface area contributed by atoms with Crippen molar-refractivity contribution in [3.8, 4) is 11.5 Å². The number of aliphatic hydroxyl groups is 1. The van der Waals surface area contributed by atoms with Gasteiger partial charge in [-0.3, -0.25) is 0 Å². The number of hydrogen-bond donors (Lipinski definition) is 2. The maximum atomic E-state index is 9.21. The molecule has 0 aliphatic rings. The Balaban J connectivity index is 2.94. The summed E-state index contributed by atoms with van der Waals surface area (Å²) in [6.45, 7) is 8.64. The zero-order valence-electron chi connectivity index (χ0n) is 13.5. The van der Waals surface area contributed by atoms with E-state index in [-0.39, 0.29) is 12.6 Å². The van der Waals surface area contributed by atoms with Crippen LogP contribution in [0.3, 0.4) is 0 Å². The molecule has 1 aromatic rings. The number of rotatable bonds is 11. The van der Waals surface area contributed by atoms with Gasteiger partial charge in [0.05, 0.1) is 13.2 Å². The number of nitrogens with one attached hydrogen (secondary N) is 1. The van der Waals surface area contributed by atoms with Gasteiger partial charge in [-0.1, -0.05) is 26.8 Å². The highest BCUT2D eigenvalue weighted by Gasteiger charge is 2.13. The summed E-state index contributed by atoms with van der Waals surface area (Å²) in [5, 5.41) is 12.6. The van der Waals surface area contributed by atoms with Gasteiger partial charge in [-0.15, -0.1) is 0 Å². The fourth-order valence-electron chi connectivity index (χ4n) is 2.16. The Labute approximate surface area is 128 Å². The Morgan fingerprint density at radius 3 is 2.29 bits per heavy atom. The minimum atomic E-state index is 0.143. The Kier molecular flexibility index (Phi) is 8.87. The molecule has 0 heterocycles. The molecule has 0 saturated heterocycles. The van der Waals surface area contributed by atoms with Crippen molar-refractivity contribution in [2.45, 2.75) is 46.1 Å². The van der Waals surface area contributed by atoms with Crippen LogP contribution in [0.5, 0.6) is 11.5 Å². The first-order valence-corrected chi connectivity index (χ1v) is 8.00. The third kappa shape index (κ3) is 5.94. The summed E-state index contributed by atoms with van der Waals surface area (Å²) in [7, 11) is 0. The maximum absolute atomic E-state index is 9.21. The van der Waals surface area contributed by atoms with Crippen LogP contribution in [0.15, 0.2) is 18.2 Å². The fourth-order valence-corrected chi connectivity index (χ4v) is 2.16. The molecule has 0 aliphatic carbocycles. The zero-order chi connectivity index (χ0) is 15.5. The minimum Gasteiger partial charge on any atom is -0.490 e. The molecule has 0 aliphatic heterocycles. The summed E-state index contributed by atoms with van der Waals surface area (Å²) in [5.41, 5.74) is 1.13. The van der Waals surface area contributed by atoms with Crippen molar-refractivity contribution in [2.24, 2.45) is 0 Å². The third-order valence-electron chi connectivity index (χ3n) is 3.16. The molecule has 2 N–H and O–H groups in total. The Morgan fingerprint density at radius 2 is 1.71 bits per heavy atom. The lowest BCUT2D eigenvalue weighted by molar-refractivity contribution is 0.262. The van der Waals surface area contributed by atoms with E-state index < -0.39 is 0 Å². The number of ether oxygens (including phenoxy) is 2. The second-order valence-corrected chi connectivity index (χ2v) is 5.03. The van der Waals surface area contributed by atoms with E-state index >= 15 is 0 Å². The van der Waals surface area contributed by atoms with Gasteiger partial charge in [0.15, 0.2) is 11.5 Å². The van der Waals surface area contributed by atoms with E-state index in [9.17, 15) is 5.11 Å².